The molecule has 2 nitrogen and oxygen atoms in total. The Morgan fingerprint density at radius 1 is 1.43 bits per heavy atom. The molecule has 2 rings (SSSR count). The van der Waals surface area contributed by atoms with Crippen molar-refractivity contribution in [2.75, 3.05) is 7.11 Å². The lowest BCUT2D eigenvalue weighted by atomic mass is 9.80. The summed E-state index contributed by atoms with van der Waals surface area (Å²) < 4.78 is 5.17. The first-order chi connectivity index (χ1) is 6.63. The Kier molecular flexibility index (Phi) is 2.23. The minimum Gasteiger partial charge on any atom is -0.497 e. The first kappa shape index (κ1) is 9.53. The number of fused-ring (bicyclic) bond motifs is 1. The van der Waals surface area contributed by atoms with E-state index in [-0.39, 0.29) is 0 Å². The van der Waals surface area contributed by atoms with E-state index in [1.54, 1.807) is 7.11 Å². The van der Waals surface area contributed by atoms with Crippen molar-refractivity contribution in [3.05, 3.63) is 29.3 Å². The van der Waals surface area contributed by atoms with Crippen LogP contribution in [0.15, 0.2) is 18.2 Å². The minimum absolute atomic E-state index is 0.653. The maximum atomic E-state index is 10.1. The fourth-order valence-corrected chi connectivity index (χ4v) is 2.19. The van der Waals surface area contributed by atoms with Gasteiger partial charge in [0.1, 0.15) is 5.75 Å². The van der Waals surface area contributed by atoms with Crippen LogP contribution < -0.4 is 4.74 Å². The molecule has 0 spiro atoms. The van der Waals surface area contributed by atoms with E-state index in [1.807, 2.05) is 25.1 Å². The molecule has 0 fully saturated rings. The maximum absolute atomic E-state index is 10.1. The van der Waals surface area contributed by atoms with E-state index in [1.165, 1.54) is 5.56 Å². The van der Waals surface area contributed by atoms with E-state index in [9.17, 15) is 5.11 Å². The second-order valence-electron chi connectivity index (χ2n) is 4.15. The highest BCUT2D eigenvalue weighted by molar-refractivity contribution is 5.40. The number of methoxy groups -OCH3 is 1. The van der Waals surface area contributed by atoms with Crippen LogP contribution in [-0.2, 0) is 12.0 Å². The van der Waals surface area contributed by atoms with Crippen LogP contribution >= 0.6 is 0 Å². The predicted molar refractivity (Wildman–Crippen MR) is 55.5 cm³/mol. The molecule has 76 valence electrons. The molecule has 0 amide bonds. The molecule has 1 aromatic carbocycles. The fraction of sp³-hybridized carbons (Fsp3) is 0.500. The largest absolute Gasteiger partial charge is 0.497 e. The van der Waals surface area contributed by atoms with E-state index in [0.29, 0.717) is 0 Å². The van der Waals surface area contributed by atoms with E-state index in [2.05, 4.69) is 0 Å². The smallest absolute Gasteiger partial charge is 0.119 e. The summed E-state index contributed by atoms with van der Waals surface area (Å²) in [6, 6.07) is 5.93. The number of rotatable bonds is 1. The Morgan fingerprint density at radius 2 is 2.21 bits per heavy atom. The van der Waals surface area contributed by atoms with Gasteiger partial charge in [-0.2, -0.15) is 0 Å². The molecule has 1 atom stereocenters. The predicted octanol–water partition coefficient (Wildman–Crippen LogP) is 2.24. The summed E-state index contributed by atoms with van der Waals surface area (Å²) in [5, 5.41) is 10.1. The molecule has 2 heteroatoms. The minimum atomic E-state index is -0.653. The SMILES string of the molecule is COc1ccc2c(c1)CCC[C@@]2(C)O. The molecule has 14 heavy (non-hydrogen) atoms. The Bertz CT molecular complexity index is 342. The summed E-state index contributed by atoms with van der Waals surface area (Å²) in [5.41, 5.74) is 1.63. The summed E-state index contributed by atoms with van der Waals surface area (Å²) in [7, 11) is 1.67. The number of hydrogen-bond donors (Lipinski definition) is 1. The van der Waals surface area contributed by atoms with E-state index < -0.39 is 5.60 Å². The normalized spacial score (nSPS) is 25.6. The van der Waals surface area contributed by atoms with Crippen LogP contribution in [0.5, 0.6) is 5.75 Å². The highest BCUT2D eigenvalue weighted by Crippen LogP contribution is 2.36. The molecular formula is C12H16O2. The first-order valence-electron chi connectivity index (χ1n) is 5.03. The van der Waals surface area contributed by atoms with Gasteiger partial charge in [0.25, 0.3) is 0 Å². The molecule has 0 bridgehead atoms. The molecule has 0 unspecified atom stereocenters. The van der Waals surface area contributed by atoms with Crippen LogP contribution in [0.1, 0.15) is 30.9 Å². The second kappa shape index (κ2) is 3.28. The lowest BCUT2D eigenvalue weighted by Gasteiger charge is -2.31. The third-order valence-corrected chi connectivity index (χ3v) is 3.00. The van der Waals surface area contributed by atoms with Crippen molar-refractivity contribution in [2.45, 2.75) is 31.8 Å². The number of hydrogen-bond acceptors (Lipinski definition) is 2. The van der Waals surface area contributed by atoms with Gasteiger partial charge in [-0.3, -0.25) is 0 Å². The van der Waals surface area contributed by atoms with Gasteiger partial charge in [-0.1, -0.05) is 6.07 Å². The summed E-state index contributed by atoms with van der Waals surface area (Å²) >= 11 is 0. The number of benzene rings is 1. The maximum Gasteiger partial charge on any atom is 0.119 e. The molecular weight excluding hydrogens is 176 g/mol. The summed E-state index contributed by atoms with van der Waals surface area (Å²) in [5.74, 6) is 0.876. The van der Waals surface area contributed by atoms with E-state index in [0.717, 1.165) is 30.6 Å². The molecule has 1 N–H and O–H groups in total. The van der Waals surface area contributed by atoms with Gasteiger partial charge in [0, 0.05) is 0 Å². The highest BCUT2D eigenvalue weighted by Gasteiger charge is 2.29. The first-order valence-corrected chi connectivity index (χ1v) is 5.03. The quantitative estimate of drug-likeness (QED) is 0.739. The zero-order valence-electron chi connectivity index (χ0n) is 8.71. The fourth-order valence-electron chi connectivity index (χ4n) is 2.19. The lowest BCUT2D eigenvalue weighted by Crippen LogP contribution is -2.26. The van der Waals surface area contributed by atoms with Gasteiger partial charge in [-0.25, -0.2) is 0 Å². The Labute approximate surface area is 84.5 Å². The van der Waals surface area contributed by atoms with Crippen molar-refractivity contribution in [1.82, 2.24) is 0 Å². The third-order valence-electron chi connectivity index (χ3n) is 3.00. The second-order valence-corrected chi connectivity index (χ2v) is 4.15. The van der Waals surface area contributed by atoms with Crippen LogP contribution in [-0.4, -0.2) is 12.2 Å². The molecule has 1 aliphatic rings. The van der Waals surface area contributed by atoms with Gasteiger partial charge < -0.3 is 9.84 Å². The Morgan fingerprint density at radius 3 is 2.93 bits per heavy atom. The van der Waals surface area contributed by atoms with Crippen LogP contribution in [0.3, 0.4) is 0 Å². The third kappa shape index (κ3) is 1.50. The molecule has 1 aromatic rings. The van der Waals surface area contributed by atoms with Gasteiger partial charge in [0.2, 0.25) is 0 Å². The van der Waals surface area contributed by atoms with Crippen LogP contribution in [0.4, 0.5) is 0 Å². The average molecular weight is 192 g/mol. The highest BCUT2D eigenvalue weighted by atomic mass is 16.5. The lowest BCUT2D eigenvalue weighted by molar-refractivity contribution is 0.0386. The van der Waals surface area contributed by atoms with E-state index >= 15 is 0 Å². The summed E-state index contributed by atoms with van der Waals surface area (Å²) in [6.45, 7) is 1.89. The molecule has 0 radical (unpaired) electrons. The van der Waals surface area contributed by atoms with Crippen molar-refractivity contribution < 1.29 is 9.84 Å². The van der Waals surface area contributed by atoms with Crippen molar-refractivity contribution in [3.8, 4) is 5.75 Å². The van der Waals surface area contributed by atoms with E-state index in [4.69, 9.17) is 4.74 Å². The zero-order chi connectivity index (χ0) is 10.2. The van der Waals surface area contributed by atoms with Crippen LogP contribution in [0.2, 0.25) is 0 Å². The monoisotopic (exact) mass is 192 g/mol. The number of aryl methyl sites for hydroxylation is 1. The van der Waals surface area contributed by atoms with Crippen LogP contribution in [0.25, 0.3) is 0 Å². The van der Waals surface area contributed by atoms with Crippen molar-refractivity contribution >= 4 is 0 Å². The molecule has 0 saturated heterocycles. The molecule has 1 aliphatic carbocycles. The van der Waals surface area contributed by atoms with Crippen molar-refractivity contribution in [3.63, 3.8) is 0 Å². The van der Waals surface area contributed by atoms with Gasteiger partial charge in [-0.05, 0) is 49.4 Å². The Balaban J connectivity index is 2.46. The van der Waals surface area contributed by atoms with Gasteiger partial charge in [0.05, 0.1) is 12.7 Å². The van der Waals surface area contributed by atoms with Crippen molar-refractivity contribution in [2.24, 2.45) is 0 Å². The zero-order valence-corrected chi connectivity index (χ0v) is 8.71. The average Bonchev–Trinajstić information content (AvgIpc) is 2.16. The number of aliphatic hydroxyl groups is 1. The molecule has 0 saturated carbocycles. The topological polar surface area (TPSA) is 29.5 Å². The summed E-state index contributed by atoms with van der Waals surface area (Å²) in [4.78, 5) is 0. The van der Waals surface area contributed by atoms with Gasteiger partial charge in [-0.15, -0.1) is 0 Å². The van der Waals surface area contributed by atoms with Gasteiger partial charge >= 0.3 is 0 Å². The molecule has 0 aromatic heterocycles. The standard InChI is InChI=1S/C12H16O2/c1-12(13)7-3-4-9-8-10(14-2)5-6-11(9)12/h5-6,8,13H,3-4,7H2,1-2H3/t12-/m1/s1. The van der Waals surface area contributed by atoms with Crippen LogP contribution in [0, 0.1) is 0 Å². The summed E-state index contributed by atoms with van der Waals surface area (Å²) in [6.07, 6.45) is 2.95. The number of ether oxygens (including phenoxy) is 1. The van der Waals surface area contributed by atoms with Crippen molar-refractivity contribution in [1.29, 1.82) is 0 Å². The van der Waals surface area contributed by atoms with Gasteiger partial charge in [0.15, 0.2) is 0 Å². The Hall–Kier alpha value is -1.02. The molecule has 0 aliphatic heterocycles. The molecule has 0 heterocycles.